The van der Waals surface area contributed by atoms with Crippen molar-refractivity contribution in [3.05, 3.63) is 105 Å². The van der Waals surface area contributed by atoms with Crippen LogP contribution in [0.3, 0.4) is 0 Å². The first-order valence-electron chi connectivity index (χ1n) is 8.83. The molecule has 0 saturated carbocycles. The molecule has 0 saturated heterocycles. The molecule has 1 aliphatic heterocycles. The molecular formula is C23H15Cl2NO3. The first-order chi connectivity index (χ1) is 14.1. The second-order valence-electron chi connectivity index (χ2n) is 6.30. The number of esters is 1. The second kappa shape index (κ2) is 8.52. The van der Waals surface area contributed by atoms with Gasteiger partial charge in [0.05, 0.1) is 10.6 Å². The fraction of sp³-hybridized carbons (Fsp3) is 0.0435. The van der Waals surface area contributed by atoms with E-state index in [1.807, 2.05) is 54.6 Å². The molecule has 0 radical (unpaired) electrons. The van der Waals surface area contributed by atoms with Gasteiger partial charge in [-0.2, -0.15) is 0 Å². The van der Waals surface area contributed by atoms with Gasteiger partial charge in [-0.1, -0.05) is 59.6 Å². The van der Waals surface area contributed by atoms with Crippen LogP contribution in [0, 0.1) is 0 Å². The predicted molar refractivity (Wildman–Crippen MR) is 114 cm³/mol. The molecule has 4 rings (SSSR count). The van der Waals surface area contributed by atoms with Crippen LogP contribution in [0.25, 0.3) is 6.08 Å². The zero-order valence-electron chi connectivity index (χ0n) is 15.1. The van der Waals surface area contributed by atoms with E-state index in [0.717, 1.165) is 16.9 Å². The Bertz CT molecular complexity index is 1100. The third-order valence-electron chi connectivity index (χ3n) is 4.23. The van der Waals surface area contributed by atoms with E-state index in [1.54, 1.807) is 24.3 Å². The summed E-state index contributed by atoms with van der Waals surface area (Å²) in [5, 5.41) is 1.17. The first kappa shape index (κ1) is 19.2. The standard InChI is InChI=1S/C23H15Cl2NO3/c24-17-9-5-16(6-10-17)14-28-18-11-7-15(8-12-18)13-21-23(27)29-22(26-21)19-3-1-2-4-20(19)25/h1-13H,14H2. The maximum absolute atomic E-state index is 12.1. The Balaban J connectivity index is 1.46. The van der Waals surface area contributed by atoms with Gasteiger partial charge in [0, 0.05) is 5.02 Å². The van der Waals surface area contributed by atoms with Crippen LogP contribution in [0.2, 0.25) is 10.0 Å². The third-order valence-corrected chi connectivity index (χ3v) is 4.81. The Morgan fingerprint density at radius 1 is 0.931 bits per heavy atom. The molecule has 0 bridgehead atoms. The van der Waals surface area contributed by atoms with E-state index in [1.165, 1.54) is 0 Å². The number of carbonyl (C=O) groups excluding carboxylic acids is 1. The Kier molecular flexibility index (Phi) is 5.65. The molecule has 0 atom stereocenters. The minimum atomic E-state index is -0.511. The minimum absolute atomic E-state index is 0.203. The number of halogens is 2. The molecule has 3 aromatic carbocycles. The van der Waals surface area contributed by atoms with Gasteiger partial charge in [-0.25, -0.2) is 9.79 Å². The van der Waals surface area contributed by atoms with Crippen LogP contribution in [-0.2, 0) is 16.1 Å². The van der Waals surface area contributed by atoms with E-state index >= 15 is 0 Å². The van der Waals surface area contributed by atoms with E-state index in [-0.39, 0.29) is 11.6 Å². The molecule has 0 unspecified atom stereocenters. The number of hydrogen-bond donors (Lipinski definition) is 0. The van der Waals surface area contributed by atoms with Gasteiger partial charge in [-0.3, -0.25) is 0 Å². The van der Waals surface area contributed by atoms with Crippen LogP contribution < -0.4 is 4.74 Å². The SMILES string of the molecule is O=C1OC(c2ccccc2Cl)=NC1=Cc1ccc(OCc2ccc(Cl)cc2)cc1. The summed E-state index contributed by atoms with van der Waals surface area (Å²) in [7, 11) is 0. The van der Waals surface area contributed by atoms with Crippen molar-refractivity contribution in [3.63, 3.8) is 0 Å². The number of benzene rings is 3. The summed E-state index contributed by atoms with van der Waals surface area (Å²) in [6.07, 6.45) is 1.66. The highest BCUT2D eigenvalue weighted by molar-refractivity contribution is 6.34. The van der Waals surface area contributed by atoms with Crippen LogP contribution in [-0.4, -0.2) is 11.9 Å². The van der Waals surface area contributed by atoms with E-state index < -0.39 is 5.97 Å². The highest BCUT2D eigenvalue weighted by Crippen LogP contribution is 2.24. The molecule has 3 aromatic rings. The van der Waals surface area contributed by atoms with E-state index in [9.17, 15) is 4.79 Å². The van der Waals surface area contributed by atoms with Gasteiger partial charge < -0.3 is 9.47 Å². The number of ether oxygens (including phenoxy) is 2. The number of rotatable bonds is 5. The Hall–Kier alpha value is -3.08. The van der Waals surface area contributed by atoms with E-state index in [4.69, 9.17) is 32.7 Å². The van der Waals surface area contributed by atoms with Gasteiger partial charge >= 0.3 is 5.97 Å². The predicted octanol–water partition coefficient (Wildman–Crippen LogP) is 5.92. The van der Waals surface area contributed by atoms with Crippen LogP contribution in [0.5, 0.6) is 5.75 Å². The highest BCUT2D eigenvalue weighted by atomic mass is 35.5. The van der Waals surface area contributed by atoms with Crippen molar-refractivity contribution in [1.29, 1.82) is 0 Å². The lowest BCUT2D eigenvalue weighted by atomic mass is 10.2. The largest absolute Gasteiger partial charge is 0.489 e. The fourth-order valence-corrected chi connectivity index (χ4v) is 3.07. The Morgan fingerprint density at radius 3 is 2.38 bits per heavy atom. The molecule has 0 aromatic heterocycles. The summed E-state index contributed by atoms with van der Waals surface area (Å²) in [4.78, 5) is 16.4. The van der Waals surface area contributed by atoms with Crippen LogP contribution in [0.4, 0.5) is 0 Å². The monoisotopic (exact) mass is 423 g/mol. The van der Waals surface area contributed by atoms with Crippen LogP contribution in [0.1, 0.15) is 16.7 Å². The number of aliphatic imine (C=N–C) groups is 1. The molecule has 0 aliphatic carbocycles. The molecule has 0 amide bonds. The molecule has 0 fully saturated rings. The van der Waals surface area contributed by atoms with Crippen molar-refractivity contribution >= 4 is 41.1 Å². The maximum Gasteiger partial charge on any atom is 0.363 e. The van der Waals surface area contributed by atoms with Gasteiger partial charge in [0.2, 0.25) is 5.90 Å². The van der Waals surface area contributed by atoms with Gasteiger partial charge in [0.25, 0.3) is 0 Å². The molecule has 29 heavy (non-hydrogen) atoms. The normalized spacial score (nSPS) is 14.6. The average Bonchev–Trinajstić information content (AvgIpc) is 3.09. The number of cyclic esters (lactones) is 1. The van der Waals surface area contributed by atoms with Crippen molar-refractivity contribution in [1.82, 2.24) is 0 Å². The molecule has 144 valence electrons. The zero-order chi connectivity index (χ0) is 20.2. The highest BCUT2D eigenvalue weighted by Gasteiger charge is 2.25. The molecule has 0 N–H and O–H groups in total. The lowest BCUT2D eigenvalue weighted by Crippen LogP contribution is -2.05. The van der Waals surface area contributed by atoms with Crippen LogP contribution in [0.15, 0.2) is 83.5 Å². The molecule has 4 nitrogen and oxygen atoms in total. The van der Waals surface area contributed by atoms with Crippen LogP contribution >= 0.6 is 23.2 Å². The number of hydrogen-bond acceptors (Lipinski definition) is 4. The van der Waals surface area contributed by atoms with Gasteiger partial charge in [0.1, 0.15) is 12.4 Å². The van der Waals surface area contributed by atoms with Gasteiger partial charge in [-0.15, -0.1) is 0 Å². The summed E-state index contributed by atoms with van der Waals surface area (Å²) >= 11 is 12.0. The third kappa shape index (κ3) is 4.67. The zero-order valence-corrected chi connectivity index (χ0v) is 16.7. The van der Waals surface area contributed by atoms with Crippen molar-refractivity contribution < 1.29 is 14.3 Å². The number of carbonyl (C=O) groups is 1. The molecular weight excluding hydrogens is 409 g/mol. The summed E-state index contributed by atoms with van der Waals surface area (Å²) < 4.78 is 11.0. The smallest absolute Gasteiger partial charge is 0.363 e. The molecule has 0 spiro atoms. The molecule has 6 heteroatoms. The second-order valence-corrected chi connectivity index (χ2v) is 7.14. The fourth-order valence-electron chi connectivity index (χ4n) is 2.72. The lowest BCUT2D eigenvalue weighted by molar-refractivity contribution is -0.129. The van der Waals surface area contributed by atoms with Crippen molar-refractivity contribution in [2.45, 2.75) is 6.61 Å². The Morgan fingerprint density at radius 2 is 1.66 bits per heavy atom. The van der Waals surface area contributed by atoms with Crippen molar-refractivity contribution in [2.24, 2.45) is 4.99 Å². The first-order valence-corrected chi connectivity index (χ1v) is 9.59. The van der Waals surface area contributed by atoms with E-state index in [2.05, 4.69) is 4.99 Å². The topological polar surface area (TPSA) is 47.9 Å². The average molecular weight is 424 g/mol. The van der Waals surface area contributed by atoms with Gasteiger partial charge in [0.15, 0.2) is 5.70 Å². The lowest BCUT2D eigenvalue weighted by Gasteiger charge is -2.06. The maximum atomic E-state index is 12.1. The van der Waals surface area contributed by atoms with Crippen molar-refractivity contribution in [3.8, 4) is 5.75 Å². The summed E-state index contributed by atoms with van der Waals surface area (Å²) in [5.41, 5.74) is 2.63. The summed E-state index contributed by atoms with van der Waals surface area (Å²) in [6.45, 7) is 0.440. The van der Waals surface area contributed by atoms with Crippen molar-refractivity contribution in [2.75, 3.05) is 0 Å². The minimum Gasteiger partial charge on any atom is -0.489 e. The molecule has 1 aliphatic rings. The molecule has 1 heterocycles. The summed E-state index contributed by atoms with van der Waals surface area (Å²) in [6, 6.07) is 21.9. The summed E-state index contributed by atoms with van der Waals surface area (Å²) in [5.74, 6) is 0.411. The van der Waals surface area contributed by atoms with Gasteiger partial charge in [-0.05, 0) is 53.6 Å². The Labute approximate surface area is 178 Å². The number of nitrogens with zero attached hydrogens (tertiary/aromatic N) is 1. The quantitative estimate of drug-likeness (QED) is 0.378. The van der Waals surface area contributed by atoms with E-state index in [0.29, 0.717) is 22.2 Å².